The molecule has 3 nitrogen and oxygen atoms in total. The van der Waals surface area contributed by atoms with Crippen LogP contribution in [0.2, 0.25) is 5.02 Å². The molecule has 0 bridgehead atoms. The lowest BCUT2D eigenvalue weighted by Crippen LogP contribution is -2.21. The first-order valence-electron chi connectivity index (χ1n) is 4.00. The van der Waals surface area contributed by atoms with Crippen molar-refractivity contribution in [1.29, 1.82) is 0 Å². The summed E-state index contributed by atoms with van der Waals surface area (Å²) in [6.45, 7) is 1.39. The molecule has 1 atom stereocenters. The number of pyridine rings is 1. The van der Waals surface area contributed by atoms with Crippen LogP contribution in [0.3, 0.4) is 0 Å². The number of aromatic nitrogens is 1. The summed E-state index contributed by atoms with van der Waals surface area (Å²) in [5, 5.41) is -1.45. The van der Waals surface area contributed by atoms with Crippen molar-refractivity contribution in [3.8, 4) is 0 Å². The molecule has 1 aromatic rings. The van der Waals surface area contributed by atoms with E-state index in [1.807, 2.05) is 0 Å². The number of hydrogen-bond acceptors (Lipinski definition) is 3. The second-order valence-corrected chi connectivity index (χ2v) is 5.98. The Labute approximate surface area is 97.1 Å². The Morgan fingerprint density at radius 2 is 2.20 bits per heavy atom. The lowest BCUT2D eigenvalue weighted by molar-refractivity contribution is 0.548. The van der Waals surface area contributed by atoms with Crippen LogP contribution in [0, 0.1) is 5.82 Å². The van der Waals surface area contributed by atoms with Crippen molar-refractivity contribution in [3.63, 3.8) is 0 Å². The molecule has 15 heavy (non-hydrogen) atoms. The first kappa shape index (κ1) is 12.7. The van der Waals surface area contributed by atoms with Crippen molar-refractivity contribution in [1.82, 2.24) is 4.98 Å². The van der Waals surface area contributed by atoms with Crippen molar-refractivity contribution in [2.45, 2.75) is 17.2 Å². The van der Waals surface area contributed by atoms with E-state index in [4.69, 9.17) is 23.2 Å². The van der Waals surface area contributed by atoms with E-state index in [-0.39, 0.29) is 10.9 Å². The standard InChI is InChI=1S/C8H8Cl2FNO2S/c1-5(3-9)15(13,14)8-7(11)2-6(10)4-12-8/h2,4-5H,3H2,1H3. The Balaban J connectivity index is 3.28. The quantitative estimate of drug-likeness (QED) is 0.793. The van der Waals surface area contributed by atoms with Gasteiger partial charge < -0.3 is 0 Å². The van der Waals surface area contributed by atoms with Gasteiger partial charge in [-0.2, -0.15) is 0 Å². The van der Waals surface area contributed by atoms with Gasteiger partial charge in [0, 0.05) is 12.1 Å². The molecule has 0 aliphatic carbocycles. The van der Waals surface area contributed by atoms with Gasteiger partial charge in [-0.1, -0.05) is 11.6 Å². The zero-order chi connectivity index (χ0) is 11.6. The zero-order valence-electron chi connectivity index (χ0n) is 7.75. The summed E-state index contributed by atoms with van der Waals surface area (Å²) in [6.07, 6.45) is 1.08. The third kappa shape index (κ3) is 2.59. The molecule has 0 radical (unpaired) electrons. The Morgan fingerprint density at radius 3 is 2.67 bits per heavy atom. The third-order valence-electron chi connectivity index (χ3n) is 1.79. The fourth-order valence-electron chi connectivity index (χ4n) is 0.885. The highest BCUT2D eigenvalue weighted by molar-refractivity contribution is 7.92. The minimum Gasteiger partial charge on any atom is -0.240 e. The van der Waals surface area contributed by atoms with E-state index >= 15 is 0 Å². The summed E-state index contributed by atoms with van der Waals surface area (Å²) in [4.78, 5) is 3.46. The molecule has 0 saturated heterocycles. The molecule has 1 unspecified atom stereocenters. The predicted octanol–water partition coefficient (Wildman–Crippen LogP) is 2.28. The van der Waals surface area contributed by atoms with E-state index in [0.29, 0.717) is 0 Å². The van der Waals surface area contributed by atoms with Crippen LogP contribution in [0.5, 0.6) is 0 Å². The fraction of sp³-hybridized carbons (Fsp3) is 0.375. The van der Waals surface area contributed by atoms with E-state index in [1.54, 1.807) is 0 Å². The van der Waals surface area contributed by atoms with Gasteiger partial charge in [0.05, 0.1) is 10.3 Å². The summed E-state index contributed by atoms with van der Waals surface area (Å²) < 4.78 is 36.6. The topological polar surface area (TPSA) is 47.0 Å². The summed E-state index contributed by atoms with van der Waals surface area (Å²) in [5.41, 5.74) is 0. The highest BCUT2D eigenvalue weighted by Crippen LogP contribution is 2.20. The number of halogens is 3. The normalized spacial score (nSPS) is 13.9. The molecule has 1 aromatic heterocycles. The molecule has 7 heteroatoms. The summed E-state index contributed by atoms with van der Waals surface area (Å²) in [5.74, 6) is -1.08. The lowest BCUT2D eigenvalue weighted by atomic mass is 10.5. The van der Waals surface area contributed by atoms with Gasteiger partial charge in [0.2, 0.25) is 9.84 Å². The Kier molecular flexibility index (Phi) is 3.92. The van der Waals surface area contributed by atoms with Gasteiger partial charge in [-0.15, -0.1) is 11.6 Å². The second-order valence-electron chi connectivity index (χ2n) is 2.95. The van der Waals surface area contributed by atoms with E-state index in [1.165, 1.54) is 6.92 Å². The van der Waals surface area contributed by atoms with Gasteiger partial charge in [-0.05, 0) is 13.0 Å². The first-order chi connectivity index (χ1) is 6.89. The highest BCUT2D eigenvalue weighted by atomic mass is 35.5. The number of rotatable bonds is 3. The Hall–Kier alpha value is -0.390. The number of sulfone groups is 1. The molecule has 0 aliphatic heterocycles. The summed E-state index contributed by atoms with van der Waals surface area (Å²) >= 11 is 10.9. The van der Waals surface area contributed by atoms with Crippen LogP contribution in [0.25, 0.3) is 0 Å². The van der Waals surface area contributed by atoms with E-state index in [9.17, 15) is 12.8 Å². The summed E-state index contributed by atoms with van der Waals surface area (Å²) in [7, 11) is -3.81. The molecule has 84 valence electrons. The minimum atomic E-state index is -3.81. The minimum absolute atomic E-state index is 0.0463. The van der Waals surface area contributed by atoms with Crippen LogP contribution in [0.4, 0.5) is 4.39 Å². The monoisotopic (exact) mass is 271 g/mol. The van der Waals surface area contributed by atoms with Crippen LogP contribution in [0.1, 0.15) is 6.92 Å². The van der Waals surface area contributed by atoms with E-state index in [0.717, 1.165) is 12.3 Å². The van der Waals surface area contributed by atoms with Gasteiger partial charge in [0.15, 0.2) is 10.8 Å². The van der Waals surface area contributed by atoms with Crippen LogP contribution in [0.15, 0.2) is 17.3 Å². The zero-order valence-corrected chi connectivity index (χ0v) is 10.1. The Bertz CT molecular complexity index is 464. The maximum atomic E-state index is 13.3. The number of alkyl halides is 1. The van der Waals surface area contributed by atoms with E-state index < -0.39 is 25.9 Å². The summed E-state index contributed by atoms with van der Waals surface area (Å²) in [6, 6.07) is 0.905. The van der Waals surface area contributed by atoms with Gasteiger partial charge in [0.25, 0.3) is 0 Å². The molecule has 0 fully saturated rings. The van der Waals surface area contributed by atoms with Crippen LogP contribution >= 0.6 is 23.2 Å². The molecule has 1 rings (SSSR count). The molecular formula is C8H8Cl2FNO2S. The molecule has 0 aromatic carbocycles. The largest absolute Gasteiger partial charge is 0.240 e. The average Bonchev–Trinajstić information content (AvgIpc) is 2.15. The van der Waals surface area contributed by atoms with Crippen molar-refractivity contribution in [2.24, 2.45) is 0 Å². The van der Waals surface area contributed by atoms with Gasteiger partial charge in [0.1, 0.15) is 0 Å². The van der Waals surface area contributed by atoms with Crippen molar-refractivity contribution >= 4 is 33.0 Å². The third-order valence-corrected chi connectivity index (χ3v) is 4.71. The molecule has 0 N–H and O–H groups in total. The molecule has 0 saturated carbocycles. The first-order valence-corrected chi connectivity index (χ1v) is 6.46. The van der Waals surface area contributed by atoms with Crippen molar-refractivity contribution < 1.29 is 12.8 Å². The fourth-order valence-corrected chi connectivity index (χ4v) is 2.60. The van der Waals surface area contributed by atoms with Crippen LogP contribution in [-0.2, 0) is 9.84 Å². The van der Waals surface area contributed by atoms with Crippen molar-refractivity contribution in [2.75, 3.05) is 5.88 Å². The molecular weight excluding hydrogens is 264 g/mol. The Morgan fingerprint density at radius 1 is 1.60 bits per heavy atom. The lowest BCUT2D eigenvalue weighted by Gasteiger charge is -2.09. The number of hydrogen-bond donors (Lipinski definition) is 0. The average molecular weight is 272 g/mol. The predicted molar refractivity (Wildman–Crippen MR) is 56.6 cm³/mol. The smallest absolute Gasteiger partial charge is 0.202 e. The maximum absolute atomic E-state index is 13.3. The van der Waals surface area contributed by atoms with Gasteiger partial charge >= 0.3 is 0 Å². The van der Waals surface area contributed by atoms with E-state index in [2.05, 4.69) is 4.98 Å². The van der Waals surface area contributed by atoms with Crippen LogP contribution in [-0.4, -0.2) is 24.5 Å². The molecule has 0 aliphatic rings. The molecule has 1 heterocycles. The van der Waals surface area contributed by atoms with Crippen molar-refractivity contribution in [3.05, 3.63) is 23.1 Å². The highest BCUT2D eigenvalue weighted by Gasteiger charge is 2.27. The SMILES string of the molecule is CC(CCl)S(=O)(=O)c1ncc(Cl)cc1F. The van der Waals surface area contributed by atoms with Gasteiger partial charge in [-0.25, -0.2) is 17.8 Å². The second kappa shape index (κ2) is 4.63. The van der Waals surface area contributed by atoms with Gasteiger partial charge in [-0.3, -0.25) is 0 Å². The van der Waals surface area contributed by atoms with Crippen LogP contribution < -0.4 is 0 Å². The maximum Gasteiger partial charge on any atom is 0.202 e. The molecule has 0 spiro atoms. The molecule has 0 amide bonds. The number of nitrogens with zero attached hydrogens (tertiary/aromatic N) is 1.